The number of aromatic nitrogens is 2. The summed E-state index contributed by atoms with van der Waals surface area (Å²) in [7, 11) is 4.77. The molecule has 1 aromatic heterocycles. The van der Waals surface area contributed by atoms with Crippen LogP contribution in [0.2, 0.25) is 6.04 Å². The molecule has 0 spiro atoms. The number of azo groups is 1. The van der Waals surface area contributed by atoms with E-state index in [0.717, 1.165) is 56.0 Å². The Kier molecular flexibility index (Phi) is 21.6. The largest absolute Gasteiger partial charge is 1.00 e. The molecule has 0 fully saturated rings. The van der Waals surface area contributed by atoms with Gasteiger partial charge in [0, 0.05) is 51.3 Å². The molecule has 1 amide bonds. The molecule has 0 radical (unpaired) electrons. The number of unbranched alkanes of at least 4 members (excludes halogenated alkanes) is 3. The fourth-order valence-corrected chi connectivity index (χ4v) is 5.51. The smallest absolute Gasteiger partial charge is 0.549 e. The van der Waals surface area contributed by atoms with Crippen molar-refractivity contribution >= 4 is 41.3 Å². The number of benzene rings is 1. The van der Waals surface area contributed by atoms with E-state index in [4.69, 9.17) is 22.2 Å². The molecule has 0 saturated carbocycles. The van der Waals surface area contributed by atoms with Crippen LogP contribution in [0.1, 0.15) is 32.1 Å². The van der Waals surface area contributed by atoms with Gasteiger partial charge in [-0.2, -0.15) is 0 Å². The van der Waals surface area contributed by atoms with Gasteiger partial charge in [-0.05, 0) is 50.1 Å². The van der Waals surface area contributed by atoms with Crippen molar-refractivity contribution in [3.05, 3.63) is 36.7 Å². The average Bonchev–Trinajstić information content (AvgIpc) is 3.29. The van der Waals surface area contributed by atoms with E-state index in [-0.39, 0.29) is 18.3 Å². The molecule has 2 aromatic rings. The third-order valence-electron chi connectivity index (χ3n) is 6.08. The Bertz CT molecular complexity index is 1020. The highest BCUT2D eigenvalue weighted by Gasteiger charge is 2.36. The summed E-state index contributed by atoms with van der Waals surface area (Å²) in [6, 6.07) is 8.67. The summed E-state index contributed by atoms with van der Waals surface area (Å²) >= 11 is 0. The first kappa shape index (κ1) is 38.5. The zero-order chi connectivity index (χ0) is 29.6. The summed E-state index contributed by atoms with van der Waals surface area (Å²) in [4.78, 5) is 12.0. The van der Waals surface area contributed by atoms with Crippen molar-refractivity contribution in [2.45, 2.75) is 38.1 Å². The SMILES string of the molecule is CO[Si](CCCNCC(=O)NCCCCCCNc1ccc(N=Nc2n(C)cc[n+]2C)cc1)(OC)OC.O=[Si]=O.[Cl-]. The number of nitrogens with one attached hydrogen (secondary N) is 3. The van der Waals surface area contributed by atoms with Gasteiger partial charge in [-0.25, -0.2) is 9.13 Å². The first-order valence-electron chi connectivity index (χ1n) is 13.2. The van der Waals surface area contributed by atoms with Gasteiger partial charge in [-0.3, -0.25) is 13.7 Å². The number of anilines is 1. The Morgan fingerprint density at radius 1 is 0.951 bits per heavy atom. The van der Waals surface area contributed by atoms with Crippen LogP contribution in [0.3, 0.4) is 0 Å². The molecule has 0 aliphatic rings. The number of halogens is 1. The van der Waals surface area contributed by atoms with E-state index < -0.39 is 18.1 Å². The Balaban J connectivity index is 0.00000382. The number of carbonyl (C=O) groups is 1. The van der Waals surface area contributed by atoms with Crippen LogP contribution in [0.25, 0.3) is 0 Å². The fraction of sp³-hybridized carbons (Fsp3) is 0.600. The number of carbonyl (C=O) groups excluding carboxylic acids is 1. The average molecular weight is 630 g/mol. The van der Waals surface area contributed by atoms with Crippen LogP contribution >= 0.6 is 0 Å². The molecule has 0 saturated heterocycles. The van der Waals surface area contributed by atoms with Gasteiger partial charge in [0.05, 0.1) is 33.0 Å². The lowest BCUT2D eigenvalue weighted by atomic mass is 10.2. The third kappa shape index (κ3) is 15.9. The first-order chi connectivity index (χ1) is 19.3. The van der Waals surface area contributed by atoms with Crippen LogP contribution in [-0.4, -0.2) is 76.1 Å². The number of imidazole rings is 1. The lowest BCUT2D eigenvalue weighted by molar-refractivity contribution is -0.657. The number of amides is 1. The van der Waals surface area contributed by atoms with Crippen molar-refractivity contribution in [1.29, 1.82) is 0 Å². The van der Waals surface area contributed by atoms with E-state index in [9.17, 15) is 4.79 Å². The summed E-state index contributed by atoms with van der Waals surface area (Å²) in [5.74, 6) is 0.811. The molecule has 0 aliphatic carbocycles. The van der Waals surface area contributed by atoms with Gasteiger partial charge in [0.2, 0.25) is 5.91 Å². The maximum Gasteiger partial charge on any atom is 0.549 e. The molecule has 3 N–H and O–H groups in total. The number of aryl methyl sites for hydroxylation is 2. The third-order valence-corrected chi connectivity index (χ3v) is 8.91. The van der Waals surface area contributed by atoms with Gasteiger partial charge < -0.3 is 41.6 Å². The highest BCUT2D eigenvalue weighted by molar-refractivity contribution is 6.60. The highest BCUT2D eigenvalue weighted by Crippen LogP contribution is 2.19. The molecule has 41 heavy (non-hydrogen) atoms. The molecule has 0 bridgehead atoms. The minimum absolute atomic E-state index is 0. The van der Waals surface area contributed by atoms with Gasteiger partial charge >= 0.3 is 24.0 Å². The normalized spacial score (nSPS) is 10.9. The molecule has 1 heterocycles. The van der Waals surface area contributed by atoms with Gasteiger partial charge in [0.25, 0.3) is 0 Å². The van der Waals surface area contributed by atoms with Gasteiger partial charge in [-0.15, -0.1) is 0 Å². The molecule has 230 valence electrons. The minimum atomic E-state index is -2.53. The molecule has 0 unspecified atom stereocenters. The first-order valence-corrected chi connectivity index (χ1v) is 16.0. The van der Waals surface area contributed by atoms with E-state index in [1.165, 1.54) is 0 Å². The molecular weight excluding hydrogens is 586 g/mol. The number of hydrogen-bond donors (Lipinski definition) is 3. The summed E-state index contributed by atoms with van der Waals surface area (Å²) in [5, 5.41) is 18.2. The van der Waals surface area contributed by atoms with Crippen LogP contribution in [0, 0.1) is 0 Å². The maximum atomic E-state index is 12.0. The van der Waals surface area contributed by atoms with Crippen LogP contribution in [0.4, 0.5) is 17.3 Å². The standard InChI is InChI=1S/C25H43N7O4Si.ClH.O2Si/c1-31-18-19-32(2)25(31)30-29-23-13-11-22(12-14-23)27-16-8-6-7-9-17-28-24(33)21-26-15-10-20-37(34-3,35-4)36-5;;1-3-2/h11-14,18-19,26H,6-10,15-17,20-21H2,1-5H3,(H,28,33);1H;. The zero-order valence-corrected chi connectivity index (χ0v) is 27.4. The molecule has 16 heteroatoms. The second kappa shape index (κ2) is 23.1. The summed E-state index contributed by atoms with van der Waals surface area (Å²) in [6.07, 6.45) is 8.98. The lowest BCUT2D eigenvalue weighted by Crippen LogP contribution is -3.00. The van der Waals surface area contributed by atoms with Crippen LogP contribution in [0.15, 0.2) is 46.9 Å². The fourth-order valence-electron chi connectivity index (χ4n) is 3.79. The van der Waals surface area contributed by atoms with Crippen molar-refractivity contribution in [3.63, 3.8) is 0 Å². The Labute approximate surface area is 252 Å². The molecule has 0 atom stereocenters. The van der Waals surface area contributed by atoms with E-state index in [1.807, 2.05) is 59.9 Å². The minimum Gasteiger partial charge on any atom is -1.00 e. The number of hydrogen-bond acceptors (Lipinski definition) is 10. The van der Waals surface area contributed by atoms with E-state index in [0.29, 0.717) is 25.7 Å². The molecule has 2 rings (SSSR count). The summed E-state index contributed by atoms with van der Waals surface area (Å²) in [6.45, 7) is 2.65. The maximum absolute atomic E-state index is 12.0. The van der Waals surface area contributed by atoms with Crippen LogP contribution < -0.4 is 32.9 Å². The molecule has 0 aliphatic heterocycles. The quantitative estimate of drug-likeness (QED) is 0.0823. The van der Waals surface area contributed by atoms with Crippen LogP contribution in [0.5, 0.6) is 0 Å². The van der Waals surface area contributed by atoms with Crippen molar-refractivity contribution < 1.29 is 44.0 Å². The topological polar surface area (TPSA) is 149 Å². The molecule has 1 aromatic carbocycles. The summed E-state index contributed by atoms with van der Waals surface area (Å²) in [5.41, 5.74) is 1.89. The van der Waals surface area contributed by atoms with Gasteiger partial charge in [-0.1, -0.05) is 18.0 Å². The highest BCUT2D eigenvalue weighted by atomic mass is 35.5. The van der Waals surface area contributed by atoms with E-state index >= 15 is 0 Å². The second-order valence-electron chi connectivity index (χ2n) is 8.92. The molecule has 13 nitrogen and oxygen atoms in total. The Morgan fingerprint density at radius 3 is 2.12 bits per heavy atom. The van der Waals surface area contributed by atoms with E-state index in [1.54, 1.807) is 21.3 Å². The summed E-state index contributed by atoms with van der Waals surface area (Å²) < 4.78 is 36.8. The van der Waals surface area contributed by atoms with Crippen molar-refractivity contribution in [2.24, 2.45) is 24.3 Å². The predicted octanol–water partition coefficient (Wildman–Crippen LogP) is -0.403. The van der Waals surface area contributed by atoms with Crippen LogP contribution in [-0.2, 0) is 41.1 Å². The Hall–Kier alpha value is -2.54. The van der Waals surface area contributed by atoms with Crippen molar-refractivity contribution in [1.82, 2.24) is 15.2 Å². The molecular formula is C25H44ClN7O6Si2. The van der Waals surface area contributed by atoms with Gasteiger partial charge in [0.15, 0.2) is 0 Å². The monoisotopic (exact) mass is 629 g/mol. The lowest BCUT2D eigenvalue weighted by Gasteiger charge is -2.24. The van der Waals surface area contributed by atoms with Gasteiger partial charge in [0.1, 0.15) is 5.69 Å². The van der Waals surface area contributed by atoms with Crippen molar-refractivity contribution in [3.8, 4) is 0 Å². The zero-order valence-electron chi connectivity index (χ0n) is 24.7. The Morgan fingerprint density at radius 2 is 1.56 bits per heavy atom. The van der Waals surface area contributed by atoms with Crippen molar-refractivity contribution in [2.75, 3.05) is 52.8 Å². The van der Waals surface area contributed by atoms with E-state index in [2.05, 4.69) is 26.2 Å². The second-order valence-corrected chi connectivity index (χ2v) is 12.2. The predicted molar refractivity (Wildman–Crippen MR) is 153 cm³/mol. The number of nitrogens with zero attached hydrogens (tertiary/aromatic N) is 4. The number of rotatable bonds is 19.